The molecule has 0 radical (unpaired) electrons. The Morgan fingerprint density at radius 1 is 1.22 bits per heavy atom. The van der Waals surface area contributed by atoms with E-state index in [9.17, 15) is 4.79 Å². The van der Waals surface area contributed by atoms with Crippen molar-refractivity contribution in [3.63, 3.8) is 0 Å². The maximum atomic E-state index is 11.0. The molecule has 0 amide bonds. The lowest BCUT2D eigenvalue weighted by Gasteiger charge is -2.36. The standard InChI is InChI=1S/C19H19NO3/c1-11-2-7-16-15(10-11)18-14(8-9-23-18)17(20-16)12-3-5-13(6-4-12)19(21)22/h2-7,10,14,17-18,20H,8-9H2,1H3,(H,21,22)/t14-,17-,18-/m0/s1. The Labute approximate surface area is 135 Å². The van der Waals surface area contributed by atoms with Gasteiger partial charge >= 0.3 is 5.97 Å². The SMILES string of the molecule is Cc1ccc2c(c1)[C@H]1OCC[C@H]1[C@H](c1ccc(C(=O)O)cc1)N2. The summed E-state index contributed by atoms with van der Waals surface area (Å²) in [5.74, 6) is -0.518. The summed E-state index contributed by atoms with van der Waals surface area (Å²) in [6, 6.07) is 13.7. The third-order valence-corrected chi connectivity index (χ3v) is 4.91. The number of carboxylic acids is 1. The zero-order valence-corrected chi connectivity index (χ0v) is 13.0. The smallest absolute Gasteiger partial charge is 0.335 e. The first-order valence-electron chi connectivity index (χ1n) is 7.95. The molecule has 0 bridgehead atoms. The summed E-state index contributed by atoms with van der Waals surface area (Å²) < 4.78 is 6.02. The minimum absolute atomic E-state index is 0.121. The number of carboxylic acid groups (broad SMARTS) is 1. The van der Waals surface area contributed by atoms with Gasteiger partial charge in [0.05, 0.1) is 17.7 Å². The lowest BCUT2D eigenvalue weighted by atomic mass is 9.80. The van der Waals surface area contributed by atoms with Crippen LogP contribution in [0.15, 0.2) is 42.5 Å². The zero-order valence-electron chi connectivity index (χ0n) is 13.0. The molecule has 2 heterocycles. The molecule has 0 aromatic heterocycles. The molecular weight excluding hydrogens is 290 g/mol. The number of anilines is 1. The normalized spacial score (nSPS) is 25.3. The van der Waals surface area contributed by atoms with Gasteiger partial charge in [-0.05, 0) is 37.1 Å². The van der Waals surface area contributed by atoms with Crippen LogP contribution in [0.5, 0.6) is 0 Å². The topological polar surface area (TPSA) is 58.6 Å². The monoisotopic (exact) mass is 309 g/mol. The van der Waals surface area contributed by atoms with Crippen molar-refractivity contribution in [2.75, 3.05) is 11.9 Å². The lowest BCUT2D eigenvalue weighted by molar-refractivity contribution is 0.0696. The van der Waals surface area contributed by atoms with Gasteiger partial charge < -0.3 is 15.2 Å². The first kappa shape index (κ1) is 14.3. The Balaban J connectivity index is 1.72. The van der Waals surface area contributed by atoms with Gasteiger partial charge in [-0.2, -0.15) is 0 Å². The molecule has 0 spiro atoms. The molecule has 1 saturated heterocycles. The van der Waals surface area contributed by atoms with Crippen molar-refractivity contribution in [1.29, 1.82) is 0 Å². The molecule has 0 aliphatic carbocycles. The molecule has 23 heavy (non-hydrogen) atoms. The van der Waals surface area contributed by atoms with Crippen LogP contribution in [0.2, 0.25) is 0 Å². The van der Waals surface area contributed by atoms with E-state index in [0.29, 0.717) is 11.5 Å². The number of aromatic carboxylic acids is 1. The molecule has 1 fully saturated rings. The van der Waals surface area contributed by atoms with Crippen molar-refractivity contribution in [3.8, 4) is 0 Å². The van der Waals surface area contributed by atoms with Crippen molar-refractivity contribution in [2.24, 2.45) is 5.92 Å². The second-order valence-electron chi connectivity index (χ2n) is 6.38. The molecule has 2 aromatic rings. The van der Waals surface area contributed by atoms with Crippen LogP contribution >= 0.6 is 0 Å². The lowest BCUT2D eigenvalue weighted by Crippen LogP contribution is -2.29. The van der Waals surface area contributed by atoms with E-state index in [2.05, 4.69) is 30.4 Å². The number of fused-ring (bicyclic) bond motifs is 3. The van der Waals surface area contributed by atoms with Crippen LogP contribution in [0.3, 0.4) is 0 Å². The Hall–Kier alpha value is -2.33. The molecule has 3 atom stereocenters. The number of benzene rings is 2. The molecule has 2 aromatic carbocycles. The minimum Gasteiger partial charge on any atom is -0.478 e. The number of rotatable bonds is 2. The number of hydrogen-bond donors (Lipinski definition) is 2. The molecule has 4 heteroatoms. The predicted octanol–water partition coefficient (Wildman–Crippen LogP) is 3.94. The zero-order chi connectivity index (χ0) is 16.0. The van der Waals surface area contributed by atoms with Gasteiger partial charge in [0.1, 0.15) is 0 Å². The molecule has 2 aliphatic rings. The fraction of sp³-hybridized carbons (Fsp3) is 0.316. The Morgan fingerprint density at radius 3 is 2.74 bits per heavy atom. The largest absolute Gasteiger partial charge is 0.478 e. The van der Waals surface area contributed by atoms with Gasteiger partial charge in [-0.1, -0.05) is 29.8 Å². The average molecular weight is 309 g/mol. The van der Waals surface area contributed by atoms with Crippen molar-refractivity contribution in [3.05, 3.63) is 64.7 Å². The number of ether oxygens (including phenoxy) is 1. The van der Waals surface area contributed by atoms with E-state index in [1.807, 2.05) is 12.1 Å². The van der Waals surface area contributed by atoms with Gasteiger partial charge in [-0.15, -0.1) is 0 Å². The van der Waals surface area contributed by atoms with E-state index in [-0.39, 0.29) is 12.1 Å². The van der Waals surface area contributed by atoms with E-state index >= 15 is 0 Å². The molecular formula is C19H19NO3. The quantitative estimate of drug-likeness (QED) is 0.882. The van der Waals surface area contributed by atoms with Gasteiger partial charge in [0.15, 0.2) is 0 Å². The molecule has 2 N–H and O–H groups in total. The first-order chi connectivity index (χ1) is 11.1. The molecule has 2 aliphatic heterocycles. The highest BCUT2D eigenvalue weighted by Crippen LogP contribution is 2.49. The van der Waals surface area contributed by atoms with E-state index in [1.54, 1.807) is 12.1 Å². The highest BCUT2D eigenvalue weighted by Gasteiger charge is 2.41. The van der Waals surface area contributed by atoms with Crippen molar-refractivity contribution >= 4 is 11.7 Å². The Bertz CT molecular complexity index is 754. The summed E-state index contributed by atoms with van der Waals surface area (Å²) in [6.07, 6.45) is 1.13. The summed E-state index contributed by atoms with van der Waals surface area (Å²) in [7, 11) is 0. The first-order valence-corrected chi connectivity index (χ1v) is 7.95. The molecule has 0 saturated carbocycles. The predicted molar refractivity (Wildman–Crippen MR) is 87.7 cm³/mol. The Morgan fingerprint density at radius 2 is 2.00 bits per heavy atom. The van der Waals surface area contributed by atoms with E-state index in [4.69, 9.17) is 9.84 Å². The van der Waals surface area contributed by atoms with Gasteiger partial charge in [-0.25, -0.2) is 4.79 Å². The minimum atomic E-state index is -0.893. The highest BCUT2D eigenvalue weighted by atomic mass is 16.5. The third-order valence-electron chi connectivity index (χ3n) is 4.91. The summed E-state index contributed by atoms with van der Waals surface area (Å²) in [5.41, 5.74) is 5.03. The van der Waals surface area contributed by atoms with Gasteiger partial charge in [0.2, 0.25) is 0 Å². The number of carbonyl (C=O) groups is 1. The Kier molecular flexibility index (Phi) is 3.34. The molecule has 118 valence electrons. The molecule has 4 nitrogen and oxygen atoms in total. The van der Waals surface area contributed by atoms with Crippen molar-refractivity contribution < 1.29 is 14.6 Å². The van der Waals surface area contributed by atoms with Crippen LogP contribution in [0.1, 0.15) is 45.6 Å². The number of nitrogens with one attached hydrogen (secondary N) is 1. The second kappa shape index (κ2) is 5.39. The van der Waals surface area contributed by atoms with Crippen molar-refractivity contribution in [2.45, 2.75) is 25.5 Å². The summed E-state index contributed by atoms with van der Waals surface area (Å²) in [5, 5.41) is 12.7. The fourth-order valence-corrected chi connectivity index (χ4v) is 3.76. The summed E-state index contributed by atoms with van der Waals surface area (Å²) >= 11 is 0. The third kappa shape index (κ3) is 2.39. The van der Waals surface area contributed by atoms with Gasteiger partial charge in [-0.3, -0.25) is 0 Å². The molecule has 0 unspecified atom stereocenters. The average Bonchev–Trinajstić information content (AvgIpc) is 3.04. The highest BCUT2D eigenvalue weighted by molar-refractivity contribution is 5.87. The van der Waals surface area contributed by atoms with Crippen LogP contribution in [-0.4, -0.2) is 17.7 Å². The fourth-order valence-electron chi connectivity index (χ4n) is 3.76. The van der Waals surface area contributed by atoms with Crippen LogP contribution in [0.4, 0.5) is 5.69 Å². The van der Waals surface area contributed by atoms with Crippen LogP contribution < -0.4 is 5.32 Å². The van der Waals surface area contributed by atoms with E-state index in [0.717, 1.165) is 24.3 Å². The van der Waals surface area contributed by atoms with Crippen LogP contribution in [-0.2, 0) is 4.74 Å². The van der Waals surface area contributed by atoms with Gasteiger partial charge in [0, 0.05) is 23.8 Å². The van der Waals surface area contributed by atoms with E-state index < -0.39 is 5.97 Å². The second-order valence-corrected chi connectivity index (χ2v) is 6.38. The maximum Gasteiger partial charge on any atom is 0.335 e. The number of hydrogen-bond acceptors (Lipinski definition) is 3. The van der Waals surface area contributed by atoms with Crippen LogP contribution in [0, 0.1) is 12.8 Å². The van der Waals surface area contributed by atoms with Crippen molar-refractivity contribution in [1.82, 2.24) is 0 Å². The van der Waals surface area contributed by atoms with Gasteiger partial charge in [0.25, 0.3) is 0 Å². The number of aryl methyl sites for hydroxylation is 1. The van der Waals surface area contributed by atoms with E-state index in [1.165, 1.54) is 11.1 Å². The summed E-state index contributed by atoms with van der Waals surface area (Å²) in [6.45, 7) is 2.87. The molecule has 4 rings (SSSR count). The summed E-state index contributed by atoms with van der Waals surface area (Å²) in [4.78, 5) is 11.0. The van der Waals surface area contributed by atoms with Crippen LogP contribution in [0.25, 0.3) is 0 Å². The maximum absolute atomic E-state index is 11.0.